The fourth-order valence-electron chi connectivity index (χ4n) is 0.151. The Morgan fingerprint density at radius 3 is 1.06 bits per heavy atom. The second kappa shape index (κ2) is 30.4. The molecule has 0 amide bonds. The number of hydrogen-bond donors (Lipinski definition) is 4. The first-order valence-electron chi connectivity index (χ1n) is 3.49. The summed E-state index contributed by atoms with van der Waals surface area (Å²) in [4.78, 5) is 27.5. The number of carbonyl (C=O) groups is 3. The van der Waals surface area contributed by atoms with Gasteiger partial charge in [0.1, 0.15) is 0 Å². The van der Waals surface area contributed by atoms with Crippen molar-refractivity contribution in [3.05, 3.63) is 0 Å². The summed E-state index contributed by atoms with van der Waals surface area (Å²) in [6.07, 6.45) is 0. The molecule has 7 nitrogen and oxygen atoms in total. The van der Waals surface area contributed by atoms with Crippen LogP contribution in [0.3, 0.4) is 0 Å². The van der Waals surface area contributed by atoms with Crippen molar-refractivity contribution in [2.45, 2.75) is 13.8 Å². The fraction of sp³-hybridized carbons (Fsp3) is 0.571. The molecule has 10 heteroatoms. The number of rotatable bonds is 2. The first-order valence-corrected chi connectivity index (χ1v) is 3.49. The summed E-state index contributed by atoms with van der Waals surface area (Å²) in [7, 11) is 1.59. The summed E-state index contributed by atoms with van der Waals surface area (Å²) in [5, 5.41) is 25.2. The van der Waals surface area contributed by atoms with E-state index in [9.17, 15) is 4.79 Å². The van der Waals surface area contributed by atoms with Crippen LogP contribution in [0.1, 0.15) is 13.8 Å². The Hall–Kier alpha value is 1.37. The zero-order valence-corrected chi connectivity index (χ0v) is 8.27. The molecular weight excluding hydrogens is 263 g/mol. The maximum atomic E-state index is 9.54. The zero-order valence-electron chi connectivity index (χ0n) is 8.27. The van der Waals surface area contributed by atoms with Crippen LogP contribution >= 0.6 is 0 Å². The second-order valence-corrected chi connectivity index (χ2v) is 1.96. The molecule has 0 fully saturated rings. The van der Waals surface area contributed by atoms with Crippen molar-refractivity contribution in [1.29, 1.82) is 0 Å². The average Bonchev–Trinajstić information content (AvgIpc) is 1.82. The second-order valence-electron chi connectivity index (χ2n) is 1.96. The molecule has 0 aliphatic carbocycles. The summed E-state index contributed by atoms with van der Waals surface area (Å²) in [5.41, 5.74) is 0. The molecule has 0 aromatic carbocycles. The third kappa shape index (κ3) is 215. The van der Waals surface area contributed by atoms with Crippen LogP contribution in [0.15, 0.2) is 0 Å². The molecule has 0 aliphatic heterocycles. The molecule has 0 atom stereocenters. The van der Waals surface area contributed by atoms with Crippen molar-refractivity contribution >= 4 is 107 Å². The molecule has 0 heterocycles. The molecule has 0 saturated carbocycles. The molecule has 4 N–H and O–H groups in total. The fourth-order valence-corrected chi connectivity index (χ4v) is 0.151. The van der Waals surface area contributed by atoms with E-state index in [-0.39, 0.29) is 95.2 Å². The zero-order chi connectivity index (χ0) is 12.1. The van der Waals surface area contributed by atoms with Crippen molar-refractivity contribution < 1.29 is 29.7 Å². The first kappa shape index (κ1) is 36.2. The molecule has 0 unspecified atom stereocenters. The van der Waals surface area contributed by atoms with E-state index in [0.29, 0.717) is 0 Å². The number of nitrogens with one attached hydrogen (secondary N) is 1. The van der Waals surface area contributed by atoms with Gasteiger partial charge in [-0.15, -0.1) is 0 Å². The number of carboxylic acids is 3. The molecule has 0 bridgehead atoms. The van der Waals surface area contributed by atoms with Gasteiger partial charge in [-0.1, -0.05) is 0 Å². The number of aliphatic carboxylic acids is 3. The number of hydrogen-bond acceptors (Lipinski definition) is 4. The van der Waals surface area contributed by atoms with E-state index in [1.165, 1.54) is 0 Å². The van der Waals surface area contributed by atoms with E-state index < -0.39 is 17.9 Å². The summed E-state index contributed by atoms with van der Waals surface area (Å²) >= 11 is 0. The van der Waals surface area contributed by atoms with E-state index in [1.807, 2.05) is 0 Å². The Balaban J connectivity index is -0.0000000252. The molecule has 0 aliphatic rings. The number of likely N-dealkylation sites (N-methyl/N-ethyl adjacent to an activating group) is 1. The van der Waals surface area contributed by atoms with Crippen LogP contribution in [0.25, 0.3) is 0 Å². The van der Waals surface area contributed by atoms with Crippen molar-refractivity contribution in [2.24, 2.45) is 0 Å². The van der Waals surface area contributed by atoms with E-state index in [2.05, 4.69) is 5.32 Å². The van der Waals surface area contributed by atoms with E-state index >= 15 is 0 Å². The SMILES string of the molecule is CC(=O)O.CC(=O)O.CNCC(=O)O.[NaH].[NaH].[NaH]. The van der Waals surface area contributed by atoms with E-state index in [4.69, 9.17) is 24.9 Å². The van der Waals surface area contributed by atoms with Gasteiger partial charge in [-0.3, -0.25) is 14.4 Å². The molecular formula is C7H18NNa3O6. The van der Waals surface area contributed by atoms with Crippen LogP contribution in [-0.2, 0) is 14.4 Å². The van der Waals surface area contributed by atoms with Crippen LogP contribution in [0.2, 0.25) is 0 Å². The predicted octanol–water partition coefficient (Wildman–Crippen LogP) is -2.47. The van der Waals surface area contributed by atoms with Crippen LogP contribution in [0.4, 0.5) is 0 Å². The van der Waals surface area contributed by atoms with E-state index in [1.54, 1.807) is 7.05 Å². The van der Waals surface area contributed by atoms with Gasteiger partial charge >= 0.3 is 94.6 Å². The summed E-state index contributed by atoms with van der Waals surface area (Å²) in [6.45, 7) is 2.21. The Labute approximate surface area is 167 Å². The third-order valence-corrected chi connectivity index (χ3v) is 0.328. The predicted molar refractivity (Wildman–Crippen MR) is 69.6 cm³/mol. The minimum atomic E-state index is -0.833. The number of carboxylic acid groups (broad SMARTS) is 3. The molecule has 0 saturated heterocycles. The van der Waals surface area contributed by atoms with Crippen LogP contribution in [-0.4, -0.2) is 135 Å². The minimum absolute atomic E-state index is 0. The van der Waals surface area contributed by atoms with Crippen molar-refractivity contribution in [1.82, 2.24) is 5.32 Å². The molecule has 0 spiro atoms. The van der Waals surface area contributed by atoms with Crippen LogP contribution in [0, 0.1) is 0 Å². The van der Waals surface area contributed by atoms with Crippen molar-refractivity contribution in [3.63, 3.8) is 0 Å². The molecule has 0 radical (unpaired) electrons. The van der Waals surface area contributed by atoms with Crippen molar-refractivity contribution in [3.8, 4) is 0 Å². The van der Waals surface area contributed by atoms with Gasteiger partial charge in [-0.25, -0.2) is 0 Å². The van der Waals surface area contributed by atoms with Gasteiger partial charge in [0, 0.05) is 13.8 Å². The quantitative estimate of drug-likeness (QED) is 0.413. The standard InChI is InChI=1S/C3H7NO2.2C2H4O2.3Na.3H/c1-4-2-3(5)6;2*1-2(3)4;;;;;;/h4H,2H2,1H3,(H,5,6);2*1H3,(H,3,4);;;;;;. The van der Waals surface area contributed by atoms with E-state index in [0.717, 1.165) is 13.8 Å². The molecule has 0 aromatic heterocycles. The molecule has 0 aromatic rings. The molecule has 90 valence electrons. The van der Waals surface area contributed by atoms with Gasteiger partial charge in [0.05, 0.1) is 6.54 Å². The Morgan fingerprint density at radius 2 is 1.06 bits per heavy atom. The van der Waals surface area contributed by atoms with Crippen LogP contribution in [0.5, 0.6) is 0 Å². The van der Waals surface area contributed by atoms with Gasteiger partial charge in [0.2, 0.25) is 0 Å². The van der Waals surface area contributed by atoms with Crippen LogP contribution < -0.4 is 5.32 Å². The monoisotopic (exact) mass is 281 g/mol. The summed E-state index contributed by atoms with van der Waals surface area (Å²) in [6, 6.07) is 0. The normalized spacial score (nSPS) is 5.82. The summed E-state index contributed by atoms with van der Waals surface area (Å²) < 4.78 is 0. The molecule has 17 heavy (non-hydrogen) atoms. The maximum absolute atomic E-state index is 9.54. The Bertz CT molecular complexity index is 170. The van der Waals surface area contributed by atoms with Gasteiger partial charge in [0.25, 0.3) is 11.9 Å². The Kier molecular flexibility index (Phi) is 64.8. The average molecular weight is 281 g/mol. The topological polar surface area (TPSA) is 124 Å². The first-order chi connectivity index (χ1) is 6.23. The third-order valence-electron chi connectivity index (χ3n) is 0.328. The molecule has 0 rings (SSSR count). The van der Waals surface area contributed by atoms with Gasteiger partial charge < -0.3 is 20.6 Å². The Morgan fingerprint density at radius 1 is 0.882 bits per heavy atom. The van der Waals surface area contributed by atoms with Gasteiger partial charge in [-0.05, 0) is 7.05 Å². The van der Waals surface area contributed by atoms with Gasteiger partial charge in [-0.2, -0.15) is 0 Å². The van der Waals surface area contributed by atoms with Crippen molar-refractivity contribution in [2.75, 3.05) is 13.6 Å². The van der Waals surface area contributed by atoms with Gasteiger partial charge in [0.15, 0.2) is 0 Å². The summed E-state index contributed by atoms with van der Waals surface area (Å²) in [5.74, 6) is -2.49.